The molecule has 178 valence electrons. The van der Waals surface area contributed by atoms with E-state index in [2.05, 4.69) is 50.6 Å². The number of nitriles is 1. The van der Waals surface area contributed by atoms with E-state index in [1.54, 1.807) is 17.0 Å². The molecule has 8 nitrogen and oxygen atoms in total. The van der Waals surface area contributed by atoms with E-state index in [1.807, 2.05) is 20.2 Å². The summed E-state index contributed by atoms with van der Waals surface area (Å²) in [6, 6.07) is 11.9. The number of aromatic nitrogens is 1. The summed E-state index contributed by atoms with van der Waals surface area (Å²) >= 11 is 2.34. The Kier molecular flexibility index (Phi) is 7.90. The second-order valence-corrected chi connectivity index (χ2v) is 9.26. The number of rotatable bonds is 8. The fourth-order valence-electron chi connectivity index (χ4n) is 4.13. The summed E-state index contributed by atoms with van der Waals surface area (Å²) in [5, 5.41) is 11.1. The van der Waals surface area contributed by atoms with Crippen LogP contribution in [0.5, 0.6) is 5.88 Å². The van der Waals surface area contributed by atoms with E-state index in [9.17, 15) is 10.1 Å². The van der Waals surface area contributed by atoms with Crippen LogP contribution in [0, 0.1) is 11.3 Å². The van der Waals surface area contributed by atoms with Crippen molar-refractivity contribution in [3.8, 4) is 11.9 Å². The molecule has 4 rings (SSSR count). The average molecular weight is 573 g/mol. The van der Waals surface area contributed by atoms with E-state index in [4.69, 9.17) is 14.1 Å². The lowest BCUT2D eigenvalue weighted by Crippen LogP contribution is -2.49. The van der Waals surface area contributed by atoms with Gasteiger partial charge in [0, 0.05) is 42.5 Å². The molecule has 0 unspecified atom stereocenters. The molecule has 1 saturated heterocycles. The van der Waals surface area contributed by atoms with Gasteiger partial charge in [-0.3, -0.25) is 4.79 Å². The van der Waals surface area contributed by atoms with Gasteiger partial charge < -0.3 is 23.9 Å². The second-order valence-electron chi connectivity index (χ2n) is 8.50. The Hall–Kier alpha value is -2.84. The van der Waals surface area contributed by atoms with Crippen LogP contribution in [-0.4, -0.2) is 74.1 Å². The standard InChI is InChI=1S/C25H28IN5O3/c1-29(2)8-4-14-34-24-20(17-27)23(19-15-18(16-26)6-7-21(19)28-24)30-9-11-31(12-10-30)25(32)22-5-3-13-33-22/h3,5-7,13,15H,4,8-12,14,16H2,1-2H3. The topological polar surface area (TPSA) is 85.8 Å². The highest BCUT2D eigenvalue weighted by Gasteiger charge is 2.28. The number of hydrogen-bond donors (Lipinski definition) is 0. The predicted octanol–water partition coefficient (Wildman–Crippen LogP) is 3.93. The van der Waals surface area contributed by atoms with E-state index in [1.165, 1.54) is 11.8 Å². The number of carbonyl (C=O) groups is 1. The van der Waals surface area contributed by atoms with Crippen LogP contribution in [0.2, 0.25) is 0 Å². The third kappa shape index (κ3) is 5.28. The number of carbonyl (C=O) groups excluding carboxylic acids is 1. The monoisotopic (exact) mass is 573 g/mol. The van der Waals surface area contributed by atoms with Crippen molar-refractivity contribution in [3.05, 3.63) is 53.5 Å². The van der Waals surface area contributed by atoms with Crippen LogP contribution in [0.1, 0.15) is 28.1 Å². The second kappa shape index (κ2) is 11.1. The summed E-state index contributed by atoms with van der Waals surface area (Å²) in [5.74, 6) is 0.613. The fourth-order valence-corrected chi connectivity index (χ4v) is 4.60. The first-order valence-electron chi connectivity index (χ1n) is 11.3. The number of alkyl halides is 1. The molecule has 1 fully saturated rings. The zero-order valence-electron chi connectivity index (χ0n) is 19.5. The zero-order valence-corrected chi connectivity index (χ0v) is 21.6. The maximum absolute atomic E-state index is 12.7. The van der Waals surface area contributed by atoms with Crippen molar-refractivity contribution < 1.29 is 13.9 Å². The Morgan fingerprint density at radius 3 is 2.71 bits per heavy atom. The number of nitrogens with zero attached hydrogens (tertiary/aromatic N) is 5. The summed E-state index contributed by atoms with van der Waals surface area (Å²) < 4.78 is 12.2. The lowest BCUT2D eigenvalue weighted by molar-refractivity contribution is 0.0714. The van der Waals surface area contributed by atoms with Crippen molar-refractivity contribution in [1.82, 2.24) is 14.8 Å². The number of anilines is 1. The minimum atomic E-state index is -0.109. The molecule has 9 heteroatoms. The SMILES string of the molecule is CN(C)CCCOc1nc2ccc(CI)cc2c(N2CCN(C(=O)c3ccco3)CC2)c1C#N. The highest BCUT2D eigenvalue weighted by atomic mass is 127. The van der Waals surface area contributed by atoms with Crippen LogP contribution in [-0.2, 0) is 4.43 Å². The van der Waals surface area contributed by atoms with Gasteiger partial charge in [0.15, 0.2) is 5.76 Å². The fraction of sp³-hybridized carbons (Fsp3) is 0.400. The summed E-state index contributed by atoms with van der Waals surface area (Å²) in [6.45, 7) is 3.68. The van der Waals surface area contributed by atoms with Gasteiger partial charge in [-0.2, -0.15) is 5.26 Å². The normalized spacial score (nSPS) is 14.0. The Morgan fingerprint density at radius 2 is 2.06 bits per heavy atom. The molecule has 0 radical (unpaired) electrons. The molecule has 1 aliphatic rings. The molecule has 1 aromatic carbocycles. The van der Waals surface area contributed by atoms with E-state index >= 15 is 0 Å². The minimum absolute atomic E-state index is 0.109. The van der Waals surface area contributed by atoms with Crippen LogP contribution in [0.25, 0.3) is 10.9 Å². The average Bonchev–Trinajstić information content (AvgIpc) is 3.40. The van der Waals surface area contributed by atoms with Crippen LogP contribution in [0.3, 0.4) is 0 Å². The molecule has 34 heavy (non-hydrogen) atoms. The van der Waals surface area contributed by atoms with Crippen molar-refractivity contribution in [3.63, 3.8) is 0 Å². The van der Waals surface area contributed by atoms with Crippen molar-refractivity contribution in [2.45, 2.75) is 10.8 Å². The molecule has 2 aromatic heterocycles. The molecule has 0 N–H and O–H groups in total. The quantitative estimate of drug-likeness (QED) is 0.230. The van der Waals surface area contributed by atoms with Gasteiger partial charge in [0.25, 0.3) is 5.91 Å². The third-order valence-electron chi connectivity index (χ3n) is 5.86. The van der Waals surface area contributed by atoms with E-state index in [0.717, 1.165) is 34.0 Å². The largest absolute Gasteiger partial charge is 0.477 e. The van der Waals surface area contributed by atoms with Gasteiger partial charge in [-0.1, -0.05) is 28.7 Å². The molecule has 0 aliphatic carbocycles. The summed E-state index contributed by atoms with van der Waals surface area (Å²) in [4.78, 5) is 23.5. The lowest BCUT2D eigenvalue weighted by Gasteiger charge is -2.36. The molecule has 0 saturated carbocycles. The molecular formula is C25H28IN5O3. The number of halogens is 1. The minimum Gasteiger partial charge on any atom is -0.477 e. The first kappa shape index (κ1) is 24.3. The van der Waals surface area contributed by atoms with Gasteiger partial charge in [0.05, 0.1) is 24.1 Å². The predicted molar refractivity (Wildman–Crippen MR) is 140 cm³/mol. The summed E-state index contributed by atoms with van der Waals surface area (Å²) in [6.07, 6.45) is 2.35. The summed E-state index contributed by atoms with van der Waals surface area (Å²) in [5.41, 5.74) is 3.27. The first-order valence-corrected chi connectivity index (χ1v) is 12.8. The maximum atomic E-state index is 12.7. The van der Waals surface area contributed by atoms with Crippen molar-refractivity contribution >= 4 is 45.1 Å². The van der Waals surface area contributed by atoms with Crippen molar-refractivity contribution in [2.75, 3.05) is 58.3 Å². The smallest absolute Gasteiger partial charge is 0.289 e. The summed E-state index contributed by atoms with van der Waals surface area (Å²) in [7, 11) is 4.04. The van der Waals surface area contributed by atoms with Gasteiger partial charge in [0.1, 0.15) is 11.6 Å². The molecule has 1 amide bonds. The van der Waals surface area contributed by atoms with Gasteiger partial charge in [-0.05, 0) is 50.3 Å². The number of piperazine rings is 1. The highest BCUT2D eigenvalue weighted by Crippen LogP contribution is 2.36. The molecule has 0 bridgehead atoms. The number of fused-ring (bicyclic) bond motifs is 1. The maximum Gasteiger partial charge on any atom is 0.289 e. The molecule has 3 aromatic rings. The van der Waals surface area contributed by atoms with Crippen LogP contribution in [0.4, 0.5) is 5.69 Å². The Morgan fingerprint density at radius 1 is 1.26 bits per heavy atom. The molecule has 0 spiro atoms. The number of benzene rings is 1. The Labute approximate surface area is 213 Å². The molecule has 0 atom stereocenters. The third-order valence-corrected chi connectivity index (χ3v) is 6.74. The van der Waals surface area contributed by atoms with Crippen molar-refractivity contribution in [1.29, 1.82) is 5.26 Å². The number of ether oxygens (including phenoxy) is 1. The lowest BCUT2D eigenvalue weighted by atomic mass is 10.0. The van der Waals surface area contributed by atoms with E-state index in [-0.39, 0.29) is 5.91 Å². The highest BCUT2D eigenvalue weighted by molar-refractivity contribution is 14.1. The number of hydrogen-bond acceptors (Lipinski definition) is 7. The Bertz CT molecular complexity index is 1180. The van der Waals surface area contributed by atoms with Crippen LogP contribution < -0.4 is 9.64 Å². The molecule has 3 heterocycles. The number of furan rings is 1. The van der Waals surface area contributed by atoms with Gasteiger partial charge in [-0.15, -0.1) is 0 Å². The number of pyridine rings is 1. The van der Waals surface area contributed by atoms with Crippen LogP contribution >= 0.6 is 22.6 Å². The zero-order chi connectivity index (χ0) is 24.1. The van der Waals surface area contributed by atoms with Crippen LogP contribution in [0.15, 0.2) is 41.0 Å². The molecular weight excluding hydrogens is 545 g/mol. The van der Waals surface area contributed by atoms with Gasteiger partial charge in [-0.25, -0.2) is 4.98 Å². The van der Waals surface area contributed by atoms with Crippen molar-refractivity contribution in [2.24, 2.45) is 0 Å². The first-order chi connectivity index (χ1) is 16.5. The Balaban J connectivity index is 1.64. The molecule has 1 aliphatic heterocycles. The van der Waals surface area contributed by atoms with Gasteiger partial charge in [0.2, 0.25) is 5.88 Å². The van der Waals surface area contributed by atoms with E-state index < -0.39 is 0 Å². The van der Waals surface area contributed by atoms with Gasteiger partial charge >= 0.3 is 0 Å². The van der Waals surface area contributed by atoms with E-state index in [0.29, 0.717) is 50.0 Å². The number of amides is 1.